The first kappa shape index (κ1) is 13.5. The lowest BCUT2D eigenvalue weighted by atomic mass is 10.2. The van der Waals surface area contributed by atoms with Crippen LogP contribution in [0.1, 0.15) is 19.4 Å². The third kappa shape index (κ3) is 4.11. The van der Waals surface area contributed by atoms with Crippen molar-refractivity contribution in [2.45, 2.75) is 13.8 Å². The van der Waals surface area contributed by atoms with Gasteiger partial charge >= 0.3 is 0 Å². The van der Waals surface area contributed by atoms with Gasteiger partial charge < -0.3 is 0 Å². The highest BCUT2D eigenvalue weighted by Gasteiger charge is 1.98. The first-order valence-electron chi connectivity index (χ1n) is 5.38. The molecule has 0 N–H and O–H groups in total. The zero-order valence-corrected chi connectivity index (χ0v) is 11.9. The third-order valence-corrected chi connectivity index (χ3v) is 3.24. The van der Waals surface area contributed by atoms with E-state index in [1.807, 2.05) is 36.6 Å². The van der Waals surface area contributed by atoms with E-state index in [0.717, 1.165) is 28.2 Å². The molecule has 1 aromatic carbocycles. The van der Waals surface area contributed by atoms with E-state index in [1.54, 1.807) is 0 Å². The van der Waals surface area contributed by atoms with Crippen LogP contribution in [0.25, 0.3) is 5.03 Å². The van der Waals surface area contributed by atoms with Crippen LogP contribution in [0.5, 0.6) is 0 Å². The molecule has 0 aliphatic carbocycles. The molecule has 0 spiro atoms. The quantitative estimate of drug-likeness (QED) is 0.580. The summed E-state index contributed by atoms with van der Waals surface area (Å²) in [5, 5.41) is 0.763. The van der Waals surface area contributed by atoms with E-state index in [4.69, 9.17) is 11.6 Å². The highest BCUT2D eigenvalue weighted by molar-refractivity contribution is 9.10. The molecule has 0 bridgehead atoms. The number of nitrogens with zero attached hydrogens (tertiary/aromatic N) is 1. The van der Waals surface area contributed by atoms with Gasteiger partial charge in [0.1, 0.15) is 13.1 Å². The predicted molar refractivity (Wildman–Crippen MR) is 75.4 cm³/mol. The van der Waals surface area contributed by atoms with E-state index in [9.17, 15) is 0 Å². The third-order valence-electron chi connectivity index (χ3n) is 2.36. The lowest BCUT2D eigenvalue weighted by molar-refractivity contribution is -0.515. The Hall–Kier alpha value is -0.600. The summed E-state index contributed by atoms with van der Waals surface area (Å²) in [5.74, 6) is 0. The van der Waals surface area contributed by atoms with Gasteiger partial charge in [-0.15, -0.1) is 0 Å². The Morgan fingerprint density at radius 2 is 1.81 bits per heavy atom. The molecule has 0 fully saturated rings. The summed E-state index contributed by atoms with van der Waals surface area (Å²) < 4.78 is 3.26. The van der Waals surface area contributed by atoms with Gasteiger partial charge in [0.25, 0.3) is 0 Å². The second-order valence-electron chi connectivity index (χ2n) is 3.39. The Morgan fingerprint density at radius 3 is 2.31 bits per heavy atom. The molecule has 0 unspecified atom stereocenters. The number of allylic oxidation sites excluding steroid dienone is 1. The molecule has 0 aliphatic heterocycles. The van der Waals surface area contributed by atoms with Crippen LogP contribution < -0.4 is 0 Å². The summed E-state index contributed by atoms with van der Waals surface area (Å²) in [5.41, 5.74) is 1.04. The molecule has 86 valence electrons. The van der Waals surface area contributed by atoms with Gasteiger partial charge in [-0.25, -0.2) is 4.58 Å². The normalized spacial score (nSPS) is 11.4. The Morgan fingerprint density at radius 1 is 1.25 bits per heavy atom. The summed E-state index contributed by atoms with van der Waals surface area (Å²) in [4.78, 5) is 0. The van der Waals surface area contributed by atoms with Crippen LogP contribution in [-0.2, 0) is 0 Å². The van der Waals surface area contributed by atoms with Gasteiger partial charge in [-0.05, 0) is 31.5 Å². The Kier molecular flexibility index (Phi) is 5.78. The number of rotatable bonds is 4. The molecule has 0 aliphatic rings. The van der Waals surface area contributed by atoms with Crippen LogP contribution in [0.3, 0.4) is 0 Å². The van der Waals surface area contributed by atoms with E-state index in [1.165, 1.54) is 0 Å². The fraction of sp³-hybridized carbons (Fsp3) is 0.308. The highest BCUT2D eigenvalue weighted by atomic mass is 79.9. The SMILES string of the molecule is CC[N+](=CC=C(Cl)c1ccc(Br)cc1)CC. The van der Waals surface area contributed by atoms with E-state index < -0.39 is 0 Å². The van der Waals surface area contributed by atoms with E-state index in [0.29, 0.717) is 0 Å². The molecule has 1 rings (SSSR count). The minimum atomic E-state index is 0.763. The van der Waals surface area contributed by atoms with Gasteiger partial charge in [0.2, 0.25) is 0 Å². The fourth-order valence-electron chi connectivity index (χ4n) is 1.31. The molecule has 0 saturated heterocycles. The average molecular weight is 302 g/mol. The van der Waals surface area contributed by atoms with E-state index >= 15 is 0 Å². The Labute approximate surface area is 111 Å². The standard InChI is InChI=1S/C13H16BrClN/c1-3-16(4-2)10-9-13(15)11-5-7-12(14)8-6-11/h5-10H,3-4H2,1-2H3/q+1. The van der Waals surface area contributed by atoms with Crippen molar-refractivity contribution in [1.29, 1.82) is 0 Å². The number of halogens is 2. The molecule has 1 aromatic rings. The van der Waals surface area contributed by atoms with Crippen molar-refractivity contribution in [3.05, 3.63) is 40.4 Å². The van der Waals surface area contributed by atoms with Crippen LogP contribution in [-0.4, -0.2) is 23.9 Å². The average Bonchev–Trinajstić information content (AvgIpc) is 2.31. The predicted octanol–water partition coefficient (Wildman–Crippen LogP) is 4.15. The van der Waals surface area contributed by atoms with Gasteiger partial charge in [0, 0.05) is 10.5 Å². The van der Waals surface area contributed by atoms with Gasteiger partial charge in [0.15, 0.2) is 6.21 Å². The van der Waals surface area contributed by atoms with Crippen LogP contribution in [0.2, 0.25) is 0 Å². The lowest BCUT2D eigenvalue weighted by Crippen LogP contribution is -2.10. The number of hydrogen-bond acceptors (Lipinski definition) is 0. The summed E-state index contributed by atoms with van der Waals surface area (Å²) in [7, 11) is 0. The molecule has 0 aromatic heterocycles. The zero-order chi connectivity index (χ0) is 12.0. The Balaban J connectivity index is 2.85. The Bertz CT molecular complexity index is 387. The van der Waals surface area contributed by atoms with Crippen molar-refractivity contribution in [2.24, 2.45) is 0 Å². The first-order valence-corrected chi connectivity index (χ1v) is 6.55. The molecular formula is C13H16BrClN+. The minimum absolute atomic E-state index is 0.763. The van der Waals surface area contributed by atoms with Crippen molar-refractivity contribution >= 4 is 38.8 Å². The number of hydrogen-bond donors (Lipinski definition) is 0. The van der Waals surface area contributed by atoms with Crippen molar-refractivity contribution in [2.75, 3.05) is 13.1 Å². The molecular weight excluding hydrogens is 286 g/mol. The molecule has 0 atom stereocenters. The molecule has 0 heterocycles. The smallest absolute Gasteiger partial charge is 0.164 e. The number of benzene rings is 1. The zero-order valence-electron chi connectivity index (χ0n) is 9.58. The maximum absolute atomic E-state index is 6.20. The van der Waals surface area contributed by atoms with Crippen molar-refractivity contribution in [3.8, 4) is 0 Å². The summed E-state index contributed by atoms with van der Waals surface area (Å²) >= 11 is 9.61. The summed E-state index contributed by atoms with van der Waals surface area (Å²) in [6.07, 6.45) is 3.97. The minimum Gasteiger partial charge on any atom is -0.237 e. The molecule has 0 saturated carbocycles. The fourth-order valence-corrected chi connectivity index (χ4v) is 1.76. The van der Waals surface area contributed by atoms with Gasteiger partial charge in [-0.1, -0.05) is 39.7 Å². The molecule has 1 nitrogen and oxygen atoms in total. The largest absolute Gasteiger partial charge is 0.237 e. The second kappa shape index (κ2) is 6.87. The monoisotopic (exact) mass is 300 g/mol. The van der Waals surface area contributed by atoms with Crippen LogP contribution >= 0.6 is 27.5 Å². The van der Waals surface area contributed by atoms with E-state index in [-0.39, 0.29) is 0 Å². The van der Waals surface area contributed by atoms with Crippen molar-refractivity contribution in [1.82, 2.24) is 0 Å². The summed E-state index contributed by atoms with van der Waals surface area (Å²) in [6.45, 7) is 6.25. The molecule has 3 heteroatoms. The van der Waals surface area contributed by atoms with Crippen LogP contribution in [0.4, 0.5) is 0 Å². The molecule has 16 heavy (non-hydrogen) atoms. The molecule has 0 amide bonds. The second-order valence-corrected chi connectivity index (χ2v) is 4.71. The highest BCUT2D eigenvalue weighted by Crippen LogP contribution is 2.20. The maximum Gasteiger partial charge on any atom is 0.164 e. The van der Waals surface area contributed by atoms with Gasteiger partial charge in [-0.3, -0.25) is 0 Å². The van der Waals surface area contributed by atoms with Crippen molar-refractivity contribution in [3.63, 3.8) is 0 Å². The lowest BCUT2D eigenvalue weighted by Gasteiger charge is -1.98. The summed E-state index contributed by atoms with van der Waals surface area (Å²) in [6, 6.07) is 7.98. The topological polar surface area (TPSA) is 3.01 Å². The molecule has 0 radical (unpaired) electrons. The van der Waals surface area contributed by atoms with Gasteiger partial charge in [-0.2, -0.15) is 0 Å². The maximum atomic E-state index is 6.20. The van der Waals surface area contributed by atoms with Crippen LogP contribution in [0, 0.1) is 0 Å². The van der Waals surface area contributed by atoms with Gasteiger partial charge in [0.05, 0.1) is 5.03 Å². The van der Waals surface area contributed by atoms with Crippen molar-refractivity contribution < 1.29 is 4.58 Å². The van der Waals surface area contributed by atoms with Crippen LogP contribution in [0.15, 0.2) is 34.8 Å². The first-order chi connectivity index (χ1) is 7.67. The van der Waals surface area contributed by atoms with E-state index in [2.05, 4.69) is 34.4 Å².